The molecule has 6 nitrogen and oxygen atoms in total. The van der Waals surface area contributed by atoms with Crippen molar-refractivity contribution in [1.29, 1.82) is 0 Å². The molecule has 9 heteroatoms. The minimum atomic E-state index is -0.638. The maximum atomic E-state index is 15.9. The van der Waals surface area contributed by atoms with E-state index in [0.29, 0.717) is 40.6 Å². The topological polar surface area (TPSA) is 62.2 Å². The zero-order valence-electron chi connectivity index (χ0n) is 19.2. The van der Waals surface area contributed by atoms with E-state index < -0.39 is 11.6 Å². The molecule has 35 heavy (non-hydrogen) atoms. The van der Waals surface area contributed by atoms with Crippen LogP contribution < -0.4 is 4.90 Å². The highest BCUT2D eigenvalue weighted by Crippen LogP contribution is 2.37. The fraction of sp³-hybridized carbons (Fsp3) is 0.231. The number of hydrogen-bond donors (Lipinski definition) is 0. The van der Waals surface area contributed by atoms with E-state index in [1.807, 2.05) is 18.7 Å². The molecule has 1 aliphatic heterocycles. The van der Waals surface area contributed by atoms with Crippen LogP contribution in [0.1, 0.15) is 13.8 Å². The number of halogens is 3. The molecule has 0 aliphatic carbocycles. The Morgan fingerprint density at radius 1 is 1.11 bits per heavy atom. The molecule has 0 unspecified atom stereocenters. The predicted octanol–water partition coefficient (Wildman–Crippen LogP) is 5.39. The van der Waals surface area contributed by atoms with Gasteiger partial charge in [-0.15, -0.1) is 0 Å². The van der Waals surface area contributed by atoms with Crippen molar-refractivity contribution in [2.24, 2.45) is 0 Å². The van der Waals surface area contributed by atoms with Gasteiger partial charge in [-0.1, -0.05) is 42.4 Å². The van der Waals surface area contributed by atoms with Crippen LogP contribution in [0, 0.1) is 11.6 Å². The second kappa shape index (κ2) is 8.85. The number of piperazine rings is 1. The van der Waals surface area contributed by atoms with E-state index in [1.165, 1.54) is 24.7 Å². The van der Waals surface area contributed by atoms with Gasteiger partial charge in [-0.3, -0.25) is 9.78 Å². The van der Waals surface area contributed by atoms with Crippen LogP contribution in [-0.2, 0) is 4.79 Å². The van der Waals surface area contributed by atoms with E-state index >= 15 is 4.39 Å². The van der Waals surface area contributed by atoms with Crippen molar-refractivity contribution in [2.45, 2.75) is 25.9 Å². The molecule has 0 radical (unpaired) electrons. The minimum Gasteiger partial charge on any atom is -0.352 e. The number of hydrogen-bond acceptors (Lipinski definition) is 5. The standard InChI is InChI=1S/C26H22ClF2N5O/c1-4-20(35)34-14(2)11-33(12-15(34)3)26-18-10-30-24(23(29)25(18)31-13-32-26)17-7-5-6-16-8-9-19(28)22(27)21(16)17/h4-10,13-15H,1,11-12H2,2-3H3/t14-,15-/m0/s1. The number of anilines is 1. The number of benzene rings is 2. The van der Waals surface area contributed by atoms with Crippen LogP contribution in [0.4, 0.5) is 14.6 Å². The second-order valence-electron chi connectivity index (χ2n) is 8.70. The van der Waals surface area contributed by atoms with Crippen molar-refractivity contribution >= 4 is 45.0 Å². The van der Waals surface area contributed by atoms with Crippen molar-refractivity contribution in [1.82, 2.24) is 19.9 Å². The third kappa shape index (κ3) is 3.78. The van der Waals surface area contributed by atoms with Gasteiger partial charge in [0.2, 0.25) is 5.91 Å². The van der Waals surface area contributed by atoms with Crippen LogP contribution in [-0.4, -0.2) is 50.9 Å². The van der Waals surface area contributed by atoms with Crippen LogP contribution in [0.15, 0.2) is 55.5 Å². The van der Waals surface area contributed by atoms with Crippen LogP contribution >= 0.6 is 11.6 Å². The largest absolute Gasteiger partial charge is 0.352 e. The van der Waals surface area contributed by atoms with Gasteiger partial charge < -0.3 is 9.80 Å². The lowest BCUT2D eigenvalue weighted by Crippen LogP contribution is -2.58. The molecule has 2 aromatic carbocycles. The first kappa shape index (κ1) is 23.1. The first-order chi connectivity index (χ1) is 16.8. The van der Waals surface area contributed by atoms with Crippen LogP contribution in [0.5, 0.6) is 0 Å². The molecular formula is C26H22ClF2N5O. The number of rotatable bonds is 3. The third-order valence-corrected chi connectivity index (χ3v) is 6.81. The number of pyridine rings is 1. The van der Waals surface area contributed by atoms with Gasteiger partial charge in [0.25, 0.3) is 0 Å². The molecule has 2 aromatic heterocycles. The van der Waals surface area contributed by atoms with E-state index in [1.54, 1.807) is 29.2 Å². The fourth-order valence-electron chi connectivity index (χ4n) is 4.96. The second-order valence-corrected chi connectivity index (χ2v) is 9.08. The minimum absolute atomic E-state index is 0.0309. The molecule has 1 saturated heterocycles. The summed E-state index contributed by atoms with van der Waals surface area (Å²) in [5.41, 5.74) is 0.517. The first-order valence-corrected chi connectivity index (χ1v) is 11.6. The Balaban J connectivity index is 1.61. The van der Waals surface area contributed by atoms with Crippen molar-refractivity contribution in [3.05, 3.63) is 72.2 Å². The summed E-state index contributed by atoms with van der Waals surface area (Å²) in [6, 6.07) is 7.86. The smallest absolute Gasteiger partial charge is 0.246 e. The lowest BCUT2D eigenvalue weighted by Gasteiger charge is -2.44. The molecule has 3 heterocycles. The number of fused-ring (bicyclic) bond motifs is 2. The van der Waals surface area contributed by atoms with E-state index in [2.05, 4.69) is 21.5 Å². The Bertz CT molecular complexity index is 1480. The van der Waals surface area contributed by atoms with E-state index in [-0.39, 0.29) is 34.2 Å². The quantitative estimate of drug-likeness (QED) is 0.358. The lowest BCUT2D eigenvalue weighted by molar-refractivity contribution is -0.130. The summed E-state index contributed by atoms with van der Waals surface area (Å²) in [5, 5.41) is 1.43. The number of carbonyl (C=O) groups excluding carboxylic acids is 1. The molecule has 0 saturated carbocycles. The Hall–Kier alpha value is -3.65. The summed E-state index contributed by atoms with van der Waals surface area (Å²) in [4.78, 5) is 29.1. The van der Waals surface area contributed by atoms with Crippen molar-refractivity contribution in [3.8, 4) is 11.3 Å². The van der Waals surface area contributed by atoms with Crippen LogP contribution in [0.25, 0.3) is 32.9 Å². The van der Waals surface area contributed by atoms with E-state index in [9.17, 15) is 9.18 Å². The molecule has 1 amide bonds. The normalized spacial score (nSPS) is 18.3. The number of carbonyl (C=O) groups is 1. The number of aromatic nitrogens is 3. The third-order valence-electron chi connectivity index (χ3n) is 6.44. The Morgan fingerprint density at radius 3 is 2.57 bits per heavy atom. The summed E-state index contributed by atoms with van der Waals surface area (Å²) >= 11 is 6.26. The number of amides is 1. The monoisotopic (exact) mass is 493 g/mol. The molecule has 5 rings (SSSR count). The molecule has 1 fully saturated rings. The average Bonchev–Trinajstić information content (AvgIpc) is 2.85. The maximum Gasteiger partial charge on any atom is 0.246 e. The van der Waals surface area contributed by atoms with Gasteiger partial charge >= 0.3 is 0 Å². The molecule has 0 bridgehead atoms. The molecule has 178 valence electrons. The lowest BCUT2D eigenvalue weighted by atomic mass is 10.0. The van der Waals surface area contributed by atoms with Gasteiger partial charge in [-0.25, -0.2) is 18.7 Å². The zero-order chi connectivity index (χ0) is 24.9. The van der Waals surface area contributed by atoms with Gasteiger partial charge in [-0.2, -0.15) is 0 Å². The molecule has 1 aliphatic rings. The highest BCUT2D eigenvalue weighted by Gasteiger charge is 2.33. The summed E-state index contributed by atoms with van der Waals surface area (Å²) < 4.78 is 30.1. The Kier molecular flexibility index (Phi) is 5.84. The average molecular weight is 494 g/mol. The molecule has 0 spiro atoms. The van der Waals surface area contributed by atoms with Gasteiger partial charge in [0.05, 0.1) is 10.4 Å². The predicted molar refractivity (Wildman–Crippen MR) is 133 cm³/mol. The van der Waals surface area contributed by atoms with Crippen molar-refractivity contribution in [2.75, 3.05) is 18.0 Å². The first-order valence-electron chi connectivity index (χ1n) is 11.2. The molecule has 4 aromatic rings. The molecule has 0 N–H and O–H groups in total. The van der Waals surface area contributed by atoms with Crippen molar-refractivity contribution in [3.63, 3.8) is 0 Å². The zero-order valence-corrected chi connectivity index (χ0v) is 19.9. The summed E-state index contributed by atoms with van der Waals surface area (Å²) in [6.07, 6.45) is 4.16. The van der Waals surface area contributed by atoms with E-state index in [0.717, 1.165) is 0 Å². The van der Waals surface area contributed by atoms with E-state index in [4.69, 9.17) is 11.6 Å². The fourth-order valence-corrected chi connectivity index (χ4v) is 5.23. The molecule has 2 atom stereocenters. The van der Waals surface area contributed by atoms with Gasteiger partial charge in [0.1, 0.15) is 29.2 Å². The number of nitrogens with zero attached hydrogens (tertiary/aromatic N) is 5. The van der Waals surface area contributed by atoms with Crippen LogP contribution in [0.2, 0.25) is 5.02 Å². The highest BCUT2D eigenvalue weighted by atomic mass is 35.5. The van der Waals surface area contributed by atoms with Gasteiger partial charge in [0, 0.05) is 42.3 Å². The SMILES string of the molecule is C=CC(=O)N1[C@@H](C)CN(c2ncnc3c(F)c(-c4cccc5ccc(F)c(Cl)c45)ncc23)C[C@@H]1C. The summed E-state index contributed by atoms with van der Waals surface area (Å²) in [5.74, 6) is -0.811. The maximum absolute atomic E-state index is 15.9. The van der Waals surface area contributed by atoms with Gasteiger partial charge in [-0.05, 0) is 31.4 Å². The summed E-state index contributed by atoms with van der Waals surface area (Å²) in [7, 11) is 0. The summed E-state index contributed by atoms with van der Waals surface area (Å²) in [6.45, 7) is 8.52. The Labute approximate surface area is 205 Å². The molecular weight excluding hydrogens is 472 g/mol. The van der Waals surface area contributed by atoms with Crippen LogP contribution in [0.3, 0.4) is 0 Å². The Morgan fingerprint density at radius 2 is 1.86 bits per heavy atom. The highest BCUT2D eigenvalue weighted by molar-refractivity contribution is 6.36. The van der Waals surface area contributed by atoms with Crippen molar-refractivity contribution < 1.29 is 13.6 Å². The van der Waals surface area contributed by atoms with Gasteiger partial charge in [0.15, 0.2) is 5.82 Å².